The number of thiophene rings is 1. The van der Waals surface area contributed by atoms with Crippen LogP contribution < -0.4 is 5.32 Å². The molecule has 1 N–H and O–H groups in total. The van der Waals surface area contributed by atoms with Gasteiger partial charge >= 0.3 is 0 Å². The van der Waals surface area contributed by atoms with Crippen LogP contribution in [0.1, 0.15) is 37.7 Å². The fourth-order valence-electron chi connectivity index (χ4n) is 2.16. The Morgan fingerprint density at radius 1 is 1.40 bits per heavy atom. The second kappa shape index (κ2) is 5.88. The van der Waals surface area contributed by atoms with E-state index in [1.54, 1.807) is 11.3 Å². The molecule has 1 fully saturated rings. The van der Waals surface area contributed by atoms with Crippen LogP contribution in [-0.4, -0.2) is 12.6 Å². The van der Waals surface area contributed by atoms with E-state index >= 15 is 0 Å². The maximum atomic E-state index is 5.91. The Kier molecular flexibility index (Phi) is 4.48. The summed E-state index contributed by atoms with van der Waals surface area (Å²) in [6.07, 6.45) is 7.91. The van der Waals surface area contributed by atoms with Crippen molar-refractivity contribution in [3.8, 4) is 0 Å². The molecule has 15 heavy (non-hydrogen) atoms. The molecule has 0 bridgehead atoms. The van der Waals surface area contributed by atoms with Gasteiger partial charge in [-0.2, -0.15) is 0 Å². The van der Waals surface area contributed by atoms with E-state index in [4.69, 9.17) is 11.6 Å². The van der Waals surface area contributed by atoms with Gasteiger partial charge in [0, 0.05) is 6.04 Å². The van der Waals surface area contributed by atoms with E-state index in [9.17, 15) is 0 Å². The Labute approximate surface area is 101 Å². The Morgan fingerprint density at radius 3 is 3.13 bits per heavy atom. The Bertz CT molecular complexity index is 290. The van der Waals surface area contributed by atoms with Gasteiger partial charge in [0.2, 0.25) is 0 Å². The molecule has 2 rings (SSSR count). The summed E-state index contributed by atoms with van der Waals surface area (Å²) in [5.74, 6) is 0. The van der Waals surface area contributed by atoms with Crippen molar-refractivity contribution in [3.63, 3.8) is 0 Å². The molecule has 0 saturated carbocycles. The molecule has 1 unspecified atom stereocenters. The second-order valence-electron chi connectivity index (χ2n) is 4.30. The first-order chi connectivity index (χ1) is 7.34. The Balaban J connectivity index is 1.76. The number of hydrogen-bond donors (Lipinski definition) is 1. The highest BCUT2D eigenvalue weighted by molar-refractivity contribution is 7.14. The molecule has 1 saturated heterocycles. The van der Waals surface area contributed by atoms with E-state index in [0.717, 1.165) is 10.4 Å². The number of nitrogens with one attached hydrogen (secondary N) is 1. The molecule has 1 atom stereocenters. The van der Waals surface area contributed by atoms with Gasteiger partial charge in [-0.1, -0.05) is 24.4 Å². The Morgan fingerprint density at radius 2 is 2.33 bits per heavy atom. The van der Waals surface area contributed by atoms with E-state index in [1.165, 1.54) is 50.6 Å². The first-order valence-electron chi connectivity index (χ1n) is 5.81. The zero-order valence-electron chi connectivity index (χ0n) is 8.97. The predicted octanol–water partition coefficient (Wildman–Crippen LogP) is 3.87. The Hall–Kier alpha value is -0.0500. The van der Waals surface area contributed by atoms with Gasteiger partial charge in [0.25, 0.3) is 0 Å². The minimum Gasteiger partial charge on any atom is -0.314 e. The summed E-state index contributed by atoms with van der Waals surface area (Å²) < 4.78 is 0.916. The SMILES string of the molecule is Clc1cc(CCC2CCCCCN2)cs1. The first kappa shape index (κ1) is 11.4. The van der Waals surface area contributed by atoms with Crippen LogP contribution in [0.25, 0.3) is 0 Å². The second-order valence-corrected chi connectivity index (χ2v) is 5.84. The van der Waals surface area contributed by atoms with Crippen LogP contribution >= 0.6 is 22.9 Å². The smallest absolute Gasteiger partial charge is 0.0931 e. The van der Waals surface area contributed by atoms with Crippen LogP contribution in [0.15, 0.2) is 11.4 Å². The van der Waals surface area contributed by atoms with Crippen LogP contribution in [0.3, 0.4) is 0 Å². The molecular formula is C12H18ClNS. The van der Waals surface area contributed by atoms with Crippen molar-refractivity contribution in [1.29, 1.82) is 0 Å². The minimum absolute atomic E-state index is 0.728. The fraction of sp³-hybridized carbons (Fsp3) is 0.667. The third-order valence-corrected chi connectivity index (χ3v) is 4.21. The first-order valence-corrected chi connectivity index (χ1v) is 7.06. The molecule has 2 heterocycles. The van der Waals surface area contributed by atoms with Crippen molar-refractivity contribution in [2.75, 3.05) is 6.54 Å². The van der Waals surface area contributed by atoms with E-state index < -0.39 is 0 Å². The average molecular weight is 244 g/mol. The molecule has 84 valence electrons. The predicted molar refractivity (Wildman–Crippen MR) is 67.9 cm³/mol. The highest BCUT2D eigenvalue weighted by Crippen LogP contribution is 2.22. The van der Waals surface area contributed by atoms with E-state index in [-0.39, 0.29) is 0 Å². The lowest BCUT2D eigenvalue weighted by molar-refractivity contribution is 0.478. The summed E-state index contributed by atoms with van der Waals surface area (Å²) >= 11 is 7.55. The van der Waals surface area contributed by atoms with Crippen LogP contribution in [0.5, 0.6) is 0 Å². The van der Waals surface area contributed by atoms with Gasteiger partial charge in [0.05, 0.1) is 4.34 Å². The third kappa shape index (κ3) is 3.78. The van der Waals surface area contributed by atoms with Crippen LogP contribution in [-0.2, 0) is 6.42 Å². The lowest BCUT2D eigenvalue weighted by atomic mass is 10.0. The highest BCUT2D eigenvalue weighted by atomic mass is 35.5. The molecule has 1 aliphatic heterocycles. The minimum atomic E-state index is 0.728. The summed E-state index contributed by atoms with van der Waals surface area (Å²) in [6, 6.07) is 2.83. The quantitative estimate of drug-likeness (QED) is 0.850. The van der Waals surface area contributed by atoms with E-state index in [0.29, 0.717) is 0 Å². The molecule has 1 nitrogen and oxygen atoms in total. The number of aryl methyl sites for hydroxylation is 1. The number of rotatable bonds is 3. The molecule has 1 aliphatic rings. The van der Waals surface area contributed by atoms with E-state index in [2.05, 4.69) is 16.8 Å². The summed E-state index contributed by atoms with van der Waals surface area (Å²) in [5.41, 5.74) is 1.40. The molecule has 1 aromatic heterocycles. The molecule has 3 heteroatoms. The lowest BCUT2D eigenvalue weighted by Crippen LogP contribution is -2.28. The molecular weight excluding hydrogens is 226 g/mol. The van der Waals surface area contributed by atoms with Gasteiger partial charge in [-0.3, -0.25) is 0 Å². The monoisotopic (exact) mass is 243 g/mol. The van der Waals surface area contributed by atoms with Gasteiger partial charge in [-0.15, -0.1) is 11.3 Å². The molecule has 0 radical (unpaired) electrons. The van der Waals surface area contributed by atoms with Crippen molar-refractivity contribution >= 4 is 22.9 Å². The standard InChI is InChI=1S/C12H18ClNS/c13-12-8-10(9-15-12)5-6-11-4-2-1-3-7-14-11/h8-9,11,14H,1-7H2. The molecule has 0 aliphatic carbocycles. The largest absolute Gasteiger partial charge is 0.314 e. The normalized spacial score (nSPS) is 22.6. The van der Waals surface area contributed by atoms with E-state index in [1.807, 2.05) is 0 Å². The fourth-order valence-corrected chi connectivity index (χ4v) is 3.11. The lowest BCUT2D eigenvalue weighted by Gasteiger charge is -2.14. The molecule has 0 amide bonds. The van der Waals surface area contributed by atoms with Gasteiger partial charge in [0.15, 0.2) is 0 Å². The van der Waals surface area contributed by atoms with Crippen molar-refractivity contribution in [3.05, 3.63) is 21.3 Å². The summed E-state index contributed by atoms with van der Waals surface area (Å²) in [7, 11) is 0. The number of hydrogen-bond acceptors (Lipinski definition) is 2. The van der Waals surface area contributed by atoms with Gasteiger partial charge in [-0.25, -0.2) is 0 Å². The average Bonchev–Trinajstić information content (AvgIpc) is 2.52. The van der Waals surface area contributed by atoms with Crippen LogP contribution in [0, 0.1) is 0 Å². The van der Waals surface area contributed by atoms with Crippen molar-refractivity contribution in [2.24, 2.45) is 0 Å². The number of halogens is 1. The van der Waals surface area contributed by atoms with Gasteiger partial charge < -0.3 is 5.32 Å². The maximum absolute atomic E-state index is 5.91. The van der Waals surface area contributed by atoms with Crippen molar-refractivity contribution < 1.29 is 0 Å². The highest BCUT2D eigenvalue weighted by Gasteiger charge is 2.11. The zero-order valence-corrected chi connectivity index (χ0v) is 10.5. The topological polar surface area (TPSA) is 12.0 Å². The summed E-state index contributed by atoms with van der Waals surface area (Å²) in [5, 5.41) is 5.81. The molecule has 0 spiro atoms. The summed E-state index contributed by atoms with van der Waals surface area (Å²) in [4.78, 5) is 0. The third-order valence-electron chi connectivity index (χ3n) is 3.07. The van der Waals surface area contributed by atoms with Crippen LogP contribution in [0.2, 0.25) is 4.34 Å². The molecule has 1 aromatic rings. The van der Waals surface area contributed by atoms with Crippen molar-refractivity contribution in [2.45, 2.75) is 44.6 Å². The van der Waals surface area contributed by atoms with Gasteiger partial charge in [-0.05, 0) is 49.2 Å². The zero-order chi connectivity index (χ0) is 10.5. The summed E-state index contributed by atoms with van der Waals surface area (Å²) in [6.45, 7) is 1.20. The van der Waals surface area contributed by atoms with Crippen LogP contribution in [0.4, 0.5) is 0 Å². The molecule has 0 aromatic carbocycles. The van der Waals surface area contributed by atoms with Gasteiger partial charge in [0.1, 0.15) is 0 Å². The van der Waals surface area contributed by atoms with Crippen molar-refractivity contribution in [1.82, 2.24) is 5.32 Å². The maximum Gasteiger partial charge on any atom is 0.0931 e.